The lowest BCUT2D eigenvalue weighted by molar-refractivity contribution is 0.0924. The highest BCUT2D eigenvalue weighted by Crippen LogP contribution is 2.45. The van der Waals surface area contributed by atoms with Gasteiger partial charge in [0, 0.05) is 6.04 Å². The molecule has 100 valence electrons. The average molecular weight is 237 g/mol. The van der Waals surface area contributed by atoms with Gasteiger partial charge in [-0.05, 0) is 49.5 Å². The Hall–Kier alpha value is -0.0400. The molecule has 0 saturated heterocycles. The van der Waals surface area contributed by atoms with E-state index >= 15 is 0 Å². The minimum atomic E-state index is 0.568. The van der Waals surface area contributed by atoms with Gasteiger partial charge >= 0.3 is 0 Å². The van der Waals surface area contributed by atoms with Gasteiger partial charge in [0.1, 0.15) is 0 Å². The fraction of sp³-hybridized carbons (Fsp3) is 1.00. The van der Waals surface area contributed by atoms with Crippen LogP contribution in [0.5, 0.6) is 0 Å². The van der Waals surface area contributed by atoms with E-state index in [9.17, 15) is 0 Å². The minimum Gasteiger partial charge on any atom is -0.314 e. The standard InChI is InChI=1S/C16H31N/c1-4-11-17-15(12-13-8-9-13)14-7-5-6-10-16(14,2)3/h13-15,17H,4-12H2,1-3H3. The molecular weight excluding hydrogens is 206 g/mol. The van der Waals surface area contributed by atoms with Crippen molar-refractivity contribution < 1.29 is 0 Å². The Labute approximate surface area is 108 Å². The first kappa shape index (κ1) is 13.4. The van der Waals surface area contributed by atoms with Crippen molar-refractivity contribution in [1.82, 2.24) is 5.32 Å². The molecule has 2 saturated carbocycles. The Balaban J connectivity index is 1.95. The maximum absolute atomic E-state index is 3.87. The van der Waals surface area contributed by atoms with Crippen LogP contribution in [-0.2, 0) is 0 Å². The fourth-order valence-corrected chi connectivity index (χ4v) is 3.70. The van der Waals surface area contributed by atoms with Crippen molar-refractivity contribution >= 4 is 0 Å². The second kappa shape index (κ2) is 5.73. The van der Waals surface area contributed by atoms with Crippen molar-refractivity contribution in [1.29, 1.82) is 0 Å². The summed E-state index contributed by atoms with van der Waals surface area (Å²) in [5.74, 6) is 1.98. The lowest BCUT2D eigenvalue weighted by atomic mass is 9.65. The molecule has 2 aliphatic carbocycles. The molecule has 0 bridgehead atoms. The van der Waals surface area contributed by atoms with E-state index in [1.54, 1.807) is 0 Å². The van der Waals surface area contributed by atoms with Crippen molar-refractivity contribution in [3.8, 4) is 0 Å². The molecule has 0 radical (unpaired) electrons. The maximum atomic E-state index is 3.87. The molecule has 2 unspecified atom stereocenters. The zero-order chi connectivity index (χ0) is 12.3. The molecule has 2 atom stereocenters. The van der Waals surface area contributed by atoms with E-state index < -0.39 is 0 Å². The van der Waals surface area contributed by atoms with E-state index in [1.807, 2.05) is 0 Å². The summed E-state index contributed by atoms with van der Waals surface area (Å²) >= 11 is 0. The van der Waals surface area contributed by atoms with Gasteiger partial charge in [-0.3, -0.25) is 0 Å². The Bertz CT molecular complexity index is 230. The topological polar surface area (TPSA) is 12.0 Å². The molecule has 0 spiro atoms. The van der Waals surface area contributed by atoms with E-state index in [4.69, 9.17) is 0 Å². The van der Waals surface area contributed by atoms with E-state index in [1.165, 1.54) is 57.9 Å². The SMILES string of the molecule is CCCNC(CC1CC1)C1CCCCC1(C)C. The highest BCUT2D eigenvalue weighted by atomic mass is 14.9. The van der Waals surface area contributed by atoms with Crippen molar-refractivity contribution in [2.45, 2.75) is 78.2 Å². The van der Waals surface area contributed by atoms with E-state index in [-0.39, 0.29) is 0 Å². The van der Waals surface area contributed by atoms with Gasteiger partial charge in [-0.1, -0.05) is 46.5 Å². The third-order valence-electron chi connectivity index (χ3n) is 5.02. The van der Waals surface area contributed by atoms with Gasteiger partial charge in [0.05, 0.1) is 0 Å². The van der Waals surface area contributed by atoms with Crippen molar-refractivity contribution in [3.05, 3.63) is 0 Å². The van der Waals surface area contributed by atoms with Gasteiger partial charge < -0.3 is 5.32 Å². The average Bonchev–Trinajstić information content (AvgIpc) is 3.08. The summed E-state index contributed by atoms with van der Waals surface area (Å²) in [5.41, 5.74) is 0.568. The normalized spacial score (nSPS) is 30.2. The van der Waals surface area contributed by atoms with Crippen LogP contribution in [0.3, 0.4) is 0 Å². The van der Waals surface area contributed by atoms with Crippen molar-refractivity contribution in [2.75, 3.05) is 6.54 Å². The lowest BCUT2D eigenvalue weighted by Gasteiger charge is -2.44. The third kappa shape index (κ3) is 3.71. The van der Waals surface area contributed by atoms with E-state index in [0.717, 1.165) is 17.9 Å². The Kier molecular flexibility index (Phi) is 4.52. The molecule has 0 amide bonds. The van der Waals surface area contributed by atoms with Crippen LogP contribution in [-0.4, -0.2) is 12.6 Å². The second-order valence-electron chi connectivity index (χ2n) is 7.08. The minimum absolute atomic E-state index is 0.568. The van der Waals surface area contributed by atoms with Crippen molar-refractivity contribution in [2.24, 2.45) is 17.3 Å². The first-order valence-corrected chi connectivity index (χ1v) is 7.87. The lowest BCUT2D eigenvalue weighted by Crippen LogP contribution is -2.45. The number of hydrogen-bond acceptors (Lipinski definition) is 1. The van der Waals surface area contributed by atoms with Crippen LogP contribution in [0.15, 0.2) is 0 Å². The summed E-state index contributed by atoms with van der Waals surface area (Å²) in [7, 11) is 0. The number of hydrogen-bond donors (Lipinski definition) is 1. The molecule has 2 aliphatic rings. The van der Waals surface area contributed by atoms with E-state index in [2.05, 4.69) is 26.1 Å². The summed E-state index contributed by atoms with van der Waals surface area (Å²) < 4.78 is 0. The van der Waals surface area contributed by atoms with Crippen molar-refractivity contribution in [3.63, 3.8) is 0 Å². The summed E-state index contributed by atoms with van der Waals surface area (Å²) in [5, 5.41) is 3.87. The summed E-state index contributed by atoms with van der Waals surface area (Å²) in [6.07, 6.45) is 11.5. The first-order chi connectivity index (χ1) is 8.13. The van der Waals surface area contributed by atoms with Crippen LogP contribution in [0.2, 0.25) is 0 Å². The highest BCUT2D eigenvalue weighted by Gasteiger charge is 2.39. The zero-order valence-corrected chi connectivity index (χ0v) is 12.1. The molecule has 2 rings (SSSR count). The van der Waals surface area contributed by atoms with Gasteiger partial charge in [0.15, 0.2) is 0 Å². The molecular formula is C16H31N. The molecule has 0 aromatic rings. The summed E-state index contributed by atoms with van der Waals surface area (Å²) in [4.78, 5) is 0. The van der Waals surface area contributed by atoms with E-state index in [0.29, 0.717) is 5.41 Å². The Morgan fingerprint density at radius 3 is 2.53 bits per heavy atom. The van der Waals surface area contributed by atoms with Crippen LogP contribution < -0.4 is 5.32 Å². The van der Waals surface area contributed by atoms with Crippen LogP contribution >= 0.6 is 0 Å². The molecule has 2 fully saturated rings. The van der Waals surface area contributed by atoms with Gasteiger partial charge in [0.2, 0.25) is 0 Å². The van der Waals surface area contributed by atoms with Gasteiger partial charge in [-0.15, -0.1) is 0 Å². The Morgan fingerprint density at radius 1 is 1.18 bits per heavy atom. The monoisotopic (exact) mass is 237 g/mol. The van der Waals surface area contributed by atoms with Crippen LogP contribution in [0.4, 0.5) is 0 Å². The molecule has 17 heavy (non-hydrogen) atoms. The smallest absolute Gasteiger partial charge is 0.0103 e. The van der Waals surface area contributed by atoms with Gasteiger partial charge in [-0.25, -0.2) is 0 Å². The molecule has 0 aromatic carbocycles. The number of rotatable bonds is 6. The van der Waals surface area contributed by atoms with Gasteiger partial charge in [0.25, 0.3) is 0 Å². The second-order valence-corrected chi connectivity index (χ2v) is 7.08. The quantitative estimate of drug-likeness (QED) is 0.723. The van der Waals surface area contributed by atoms with Gasteiger partial charge in [-0.2, -0.15) is 0 Å². The fourth-order valence-electron chi connectivity index (χ4n) is 3.70. The molecule has 1 nitrogen and oxygen atoms in total. The molecule has 0 aromatic heterocycles. The third-order valence-corrected chi connectivity index (χ3v) is 5.02. The zero-order valence-electron chi connectivity index (χ0n) is 12.1. The molecule has 0 heterocycles. The largest absolute Gasteiger partial charge is 0.314 e. The summed E-state index contributed by atoms with van der Waals surface area (Å²) in [6.45, 7) is 8.51. The Morgan fingerprint density at radius 2 is 1.94 bits per heavy atom. The predicted octanol–water partition coefficient (Wildman–Crippen LogP) is 4.37. The van der Waals surface area contributed by atoms with Crippen LogP contribution in [0, 0.1) is 17.3 Å². The van der Waals surface area contributed by atoms with Crippen LogP contribution in [0.1, 0.15) is 72.1 Å². The maximum Gasteiger partial charge on any atom is 0.0103 e. The van der Waals surface area contributed by atoms with Crippen LogP contribution in [0.25, 0.3) is 0 Å². The molecule has 1 N–H and O–H groups in total. The predicted molar refractivity (Wildman–Crippen MR) is 75.2 cm³/mol. The highest BCUT2D eigenvalue weighted by molar-refractivity contribution is 4.93. The first-order valence-electron chi connectivity index (χ1n) is 7.87. The molecule has 1 heteroatoms. The molecule has 0 aliphatic heterocycles. The summed E-state index contributed by atoms with van der Waals surface area (Å²) in [6, 6.07) is 0.803. The number of nitrogens with one attached hydrogen (secondary N) is 1.